The van der Waals surface area contributed by atoms with E-state index in [4.69, 9.17) is 9.47 Å². The predicted octanol–water partition coefficient (Wildman–Crippen LogP) is 2.78. The molecule has 3 nitrogen and oxygen atoms in total. The van der Waals surface area contributed by atoms with Gasteiger partial charge in [0.15, 0.2) is 0 Å². The average molecular weight is 251 g/mol. The molecule has 1 N–H and O–H groups in total. The third-order valence-electron chi connectivity index (χ3n) is 2.75. The maximum atomic E-state index is 5.86. The van der Waals surface area contributed by atoms with E-state index in [1.807, 2.05) is 25.2 Å². The van der Waals surface area contributed by atoms with E-state index in [1.165, 1.54) is 12.0 Å². The van der Waals surface area contributed by atoms with Crippen LogP contribution in [-0.4, -0.2) is 33.4 Å². The standard InChI is InChI=1S/C15H25NO2/c1-3-4-10-17-11-12-18-15(13-16-2)14-8-6-5-7-9-14/h5-9,15-16H,3-4,10-13H2,1-2H3. The molecule has 1 aromatic carbocycles. The lowest BCUT2D eigenvalue weighted by Crippen LogP contribution is -2.21. The van der Waals surface area contributed by atoms with Gasteiger partial charge in [-0.15, -0.1) is 0 Å². The van der Waals surface area contributed by atoms with Crippen LogP contribution >= 0.6 is 0 Å². The Morgan fingerprint density at radius 2 is 1.89 bits per heavy atom. The van der Waals surface area contributed by atoms with Gasteiger partial charge in [0.25, 0.3) is 0 Å². The monoisotopic (exact) mass is 251 g/mol. The zero-order chi connectivity index (χ0) is 13.1. The molecule has 0 fully saturated rings. The van der Waals surface area contributed by atoms with Crippen molar-refractivity contribution in [2.75, 3.05) is 33.4 Å². The largest absolute Gasteiger partial charge is 0.379 e. The highest BCUT2D eigenvalue weighted by molar-refractivity contribution is 5.17. The van der Waals surface area contributed by atoms with Gasteiger partial charge in [0.05, 0.1) is 19.3 Å². The molecule has 0 aliphatic rings. The number of ether oxygens (including phenoxy) is 2. The fourth-order valence-electron chi connectivity index (χ4n) is 1.72. The van der Waals surface area contributed by atoms with E-state index in [0.717, 1.165) is 19.6 Å². The number of rotatable bonds is 10. The molecule has 0 heterocycles. The zero-order valence-corrected chi connectivity index (χ0v) is 11.5. The Labute approximate surface area is 110 Å². The molecule has 0 saturated heterocycles. The first-order valence-corrected chi connectivity index (χ1v) is 6.77. The molecule has 1 aromatic rings. The molecule has 1 rings (SSSR count). The lowest BCUT2D eigenvalue weighted by molar-refractivity contribution is 0.00430. The van der Waals surface area contributed by atoms with Crippen LogP contribution < -0.4 is 5.32 Å². The van der Waals surface area contributed by atoms with E-state index in [9.17, 15) is 0 Å². The third-order valence-corrected chi connectivity index (χ3v) is 2.75. The lowest BCUT2D eigenvalue weighted by Gasteiger charge is -2.18. The number of hydrogen-bond donors (Lipinski definition) is 1. The summed E-state index contributed by atoms with van der Waals surface area (Å²) in [7, 11) is 1.94. The zero-order valence-electron chi connectivity index (χ0n) is 11.5. The van der Waals surface area contributed by atoms with Crippen molar-refractivity contribution in [2.45, 2.75) is 25.9 Å². The number of hydrogen-bond acceptors (Lipinski definition) is 3. The summed E-state index contributed by atoms with van der Waals surface area (Å²) in [5, 5.41) is 3.16. The molecule has 0 aromatic heterocycles. The summed E-state index contributed by atoms with van der Waals surface area (Å²) in [4.78, 5) is 0. The summed E-state index contributed by atoms with van der Waals surface area (Å²) >= 11 is 0. The Bertz CT molecular complexity index is 290. The molecule has 1 unspecified atom stereocenters. The van der Waals surface area contributed by atoms with E-state index in [-0.39, 0.29) is 6.10 Å². The first kappa shape index (κ1) is 15.2. The number of benzene rings is 1. The van der Waals surface area contributed by atoms with Gasteiger partial charge in [-0.25, -0.2) is 0 Å². The van der Waals surface area contributed by atoms with Crippen molar-refractivity contribution in [3.05, 3.63) is 35.9 Å². The topological polar surface area (TPSA) is 30.5 Å². The normalized spacial score (nSPS) is 12.6. The summed E-state index contributed by atoms with van der Waals surface area (Å²) in [5.74, 6) is 0. The van der Waals surface area contributed by atoms with Crippen LogP contribution in [0.5, 0.6) is 0 Å². The van der Waals surface area contributed by atoms with Crippen molar-refractivity contribution in [3.8, 4) is 0 Å². The summed E-state index contributed by atoms with van der Waals surface area (Å²) in [5.41, 5.74) is 1.21. The Morgan fingerprint density at radius 3 is 2.56 bits per heavy atom. The molecular weight excluding hydrogens is 226 g/mol. The van der Waals surface area contributed by atoms with Gasteiger partial charge in [0, 0.05) is 13.2 Å². The van der Waals surface area contributed by atoms with Crippen LogP contribution in [0.15, 0.2) is 30.3 Å². The van der Waals surface area contributed by atoms with Crippen LogP contribution in [0.3, 0.4) is 0 Å². The van der Waals surface area contributed by atoms with Crippen LogP contribution in [0.25, 0.3) is 0 Å². The van der Waals surface area contributed by atoms with E-state index in [1.54, 1.807) is 0 Å². The average Bonchev–Trinajstić information content (AvgIpc) is 2.42. The van der Waals surface area contributed by atoms with Gasteiger partial charge in [0.1, 0.15) is 0 Å². The quantitative estimate of drug-likeness (QED) is 0.649. The van der Waals surface area contributed by atoms with Crippen LogP contribution in [0.2, 0.25) is 0 Å². The Hall–Kier alpha value is -0.900. The third kappa shape index (κ3) is 6.15. The fraction of sp³-hybridized carbons (Fsp3) is 0.600. The molecule has 1 atom stereocenters. The van der Waals surface area contributed by atoms with Crippen molar-refractivity contribution < 1.29 is 9.47 Å². The smallest absolute Gasteiger partial charge is 0.0950 e. The molecular formula is C15H25NO2. The van der Waals surface area contributed by atoms with Crippen LogP contribution in [0.1, 0.15) is 31.4 Å². The maximum absolute atomic E-state index is 5.86. The second kappa shape index (κ2) is 10.1. The highest BCUT2D eigenvalue weighted by atomic mass is 16.5. The molecule has 0 spiro atoms. The molecule has 18 heavy (non-hydrogen) atoms. The van der Waals surface area contributed by atoms with Crippen LogP contribution in [-0.2, 0) is 9.47 Å². The molecule has 0 aliphatic heterocycles. The van der Waals surface area contributed by atoms with Crippen molar-refractivity contribution >= 4 is 0 Å². The van der Waals surface area contributed by atoms with Crippen molar-refractivity contribution in [2.24, 2.45) is 0 Å². The second-order valence-corrected chi connectivity index (χ2v) is 4.29. The number of unbranched alkanes of at least 4 members (excludes halogenated alkanes) is 1. The molecule has 102 valence electrons. The molecule has 0 aliphatic carbocycles. The molecule has 3 heteroatoms. The summed E-state index contributed by atoms with van der Waals surface area (Å²) in [6, 6.07) is 10.3. The fourth-order valence-corrected chi connectivity index (χ4v) is 1.72. The van der Waals surface area contributed by atoms with Gasteiger partial charge >= 0.3 is 0 Å². The van der Waals surface area contributed by atoms with E-state index in [0.29, 0.717) is 13.2 Å². The van der Waals surface area contributed by atoms with Gasteiger partial charge < -0.3 is 14.8 Å². The Morgan fingerprint density at radius 1 is 1.11 bits per heavy atom. The second-order valence-electron chi connectivity index (χ2n) is 4.29. The Kier molecular flexibility index (Phi) is 8.47. The minimum Gasteiger partial charge on any atom is -0.379 e. The predicted molar refractivity (Wildman–Crippen MR) is 74.8 cm³/mol. The summed E-state index contributed by atoms with van der Waals surface area (Å²) in [6.07, 6.45) is 2.40. The number of likely N-dealkylation sites (N-methyl/N-ethyl adjacent to an activating group) is 1. The number of nitrogens with one attached hydrogen (secondary N) is 1. The minimum atomic E-state index is 0.103. The van der Waals surface area contributed by atoms with Gasteiger partial charge in [-0.05, 0) is 19.0 Å². The van der Waals surface area contributed by atoms with Crippen molar-refractivity contribution in [1.29, 1.82) is 0 Å². The molecule has 0 saturated carbocycles. The summed E-state index contributed by atoms with van der Waals surface area (Å²) in [6.45, 7) is 5.14. The van der Waals surface area contributed by atoms with Crippen LogP contribution in [0, 0.1) is 0 Å². The van der Waals surface area contributed by atoms with E-state index in [2.05, 4.69) is 24.4 Å². The highest BCUT2D eigenvalue weighted by Gasteiger charge is 2.09. The highest BCUT2D eigenvalue weighted by Crippen LogP contribution is 2.15. The Balaban J connectivity index is 2.26. The SMILES string of the molecule is CCCCOCCOC(CNC)c1ccccc1. The van der Waals surface area contributed by atoms with E-state index >= 15 is 0 Å². The van der Waals surface area contributed by atoms with Gasteiger partial charge in [0.2, 0.25) is 0 Å². The van der Waals surface area contributed by atoms with Gasteiger partial charge in [-0.2, -0.15) is 0 Å². The minimum absolute atomic E-state index is 0.103. The van der Waals surface area contributed by atoms with E-state index < -0.39 is 0 Å². The summed E-state index contributed by atoms with van der Waals surface area (Å²) < 4.78 is 11.4. The lowest BCUT2D eigenvalue weighted by atomic mass is 10.1. The van der Waals surface area contributed by atoms with Crippen molar-refractivity contribution in [3.63, 3.8) is 0 Å². The molecule has 0 amide bonds. The maximum Gasteiger partial charge on any atom is 0.0950 e. The molecule has 0 radical (unpaired) electrons. The van der Waals surface area contributed by atoms with Crippen LogP contribution in [0.4, 0.5) is 0 Å². The molecule has 0 bridgehead atoms. The van der Waals surface area contributed by atoms with Gasteiger partial charge in [-0.3, -0.25) is 0 Å². The van der Waals surface area contributed by atoms with Gasteiger partial charge in [-0.1, -0.05) is 43.7 Å². The first-order valence-electron chi connectivity index (χ1n) is 6.77. The first-order chi connectivity index (χ1) is 8.88. The van der Waals surface area contributed by atoms with Crippen molar-refractivity contribution in [1.82, 2.24) is 5.32 Å².